The van der Waals surface area contributed by atoms with E-state index in [-0.39, 0.29) is 0 Å². The molecule has 1 N–H and O–H groups in total. The molecule has 0 aliphatic carbocycles. The normalized spacial score (nSPS) is 25.3. The molecule has 0 radical (unpaired) electrons. The summed E-state index contributed by atoms with van der Waals surface area (Å²) in [5.41, 5.74) is 2.02. The van der Waals surface area contributed by atoms with E-state index in [4.69, 9.17) is 4.74 Å². The Morgan fingerprint density at radius 1 is 1.28 bits per heavy atom. The van der Waals surface area contributed by atoms with E-state index in [0.29, 0.717) is 11.8 Å². The van der Waals surface area contributed by atoms with E-state index in [2.05, 4.69) is 24.8 Å². The Kier molecular flexibility index (Phi) is 3.81. The van der Waals surface area contributed by atoms with Crippen LogP contribution in [0.4, 0.5) is 5.69 Å². The van der Waals surface area contributed by atoms with Crippen LogP contribution in [0.5, 0.6) is 5.75 Å². The lowest BCUT2D eigenvalue weighted by molar-refractivity contribution is 0.194. The Balaban J connectivity index is 2.38. The Morgan fingerprint density at radius 2 is 1.89 bits per heavy atom. The first-order valence-corrected chi connectivity index (χ1v) is 6.64. The molecule has 0 aromatic heterocycles. The van der Waals surface area contributed by atoms with Crippen LogP contribution in [0.15, 0.2) is 18.2 Å². The average Bonchev–Trinajstić information content (AvgIpc) is 2.68. The van der Waals surface area contributed by atoms with Gasteiger partial charge < -0.3 is 14.7 Å². The summed E-state index contributed by atoms with van der Waals surface area (Å²) >= 11 is 0. The predicted octanol–water partition coefficient (Wildman–Crippen LogP) is 2.84. The molecule has 0 bridgehead atoms. The largest absolute Gasteiger partial charge is 0.496 e. The first-order chi connectivity index (χ1) is 8.54. The first kappa shape index (κ1) is 13.2. The molecule has 0 amide bonds. The van der Waals surface area contributed by atoms with Crippen molar-refractivity contribution in [2.75, 3.05) is 25.1 Å². The number of anilines is 1. The van der Waals surface area contributed by atoms with Gasteiger partial charge >= 0.3 is 0 Å². The predicted molar refractivity (Wildman–Crippen MR) is 74.2 cm³/mol. The minimum Gasteiger partial charge on any atom is -0.496 e. The average molecular weight is 249 g/mol. The van der Waals surface area contributed by atoms with Gasteiger partial charge in [-0.05, 0) is 30.9 Å². The molecule has 1 fully saturated rings. The van der Waals surface area contributed by atoms with Crippen molar-refractivity contribution in [3.8, 4) is 5.75 Å². The molecule has 1 aromatic rings. The third-order valence-electron chi connectivity index (χ3n) is 4.01. The molecule has 1 aromatic carbocycles. The number of ether oxygens (including phenoxy) is 1. The molecule has 3 heteroatoms. The quantitative estimate of drug-likeness (QED) is 0.894. The van der Waals surface area contributed by atoms with Crippen molar-refractivity contribution in [2.24, 2.45) is 11.8 Å². The zero-order valence-corrected chi connectivity index (χ0v) is 11.7. The summed E-state index contributed by atoms with van der Waals surface area (Å²) in [6.45, 7) is 8.46. The maximum absolute atomic E-state index is 10.0. The van der Waals surface area contributed by atoms with Crippen LogP contribution >= 0.6 is 0 Å². The van der Waals surface area contributed by atoms with Crippen LogP contribution in [0.3, 0.4) is 0 Å². The smallest absolute Gasteiger partial charge is 0.126 e. The van der Waals surface area contributed by atoms with Crippen LogP contribution in [0, 0.1) is 11.8 Å². The van der Waals surface area contributed by atoms with Crippen molar-refractivity contribution < 1.29 is 9.84 Å². The Labute approximate surface area is 109 Å². The molecule has 3 atom stereocenters. The molecule has 1 heterocycles. The number of hydrogen-bond donors (Lipinski definition) is 1. The molecule has 3 nitrogen and oxygen atoms in total. The molecule has 3 unspecified atom stereocenters. The van der Waals surface area contributed by atoms with Crippen LogP contribution in [-0.4, -0.2) is 25.3 Å². The van der Waals surface area contributed by atoms with Gasteiger partial charge in [-0.1, -0.05) is 19.9 Å². The maximum Gasteiger partial charge on any atom is 0.126 e. The molecule has 18 heavy (non-hydrogen) atoms. The summed E-state index contributed by atoms with van der Waals surface area (Å²) in [5, 5.41) is 10.0. The third kappa shape index (κ3) is 2.32. The van der Waals surface area contributed by atoms with Gasteiger partial charge in [0.25, 0.3) is 0 Å². The van der Waals surface area contributed by atoms with Crippen LogP contribution in [0.1, 0.15) is 32.4 Å². The zero-order chi connectivity index (χ0) is 13.3. The number of aliphatic hydroxyl groups excluding tert-OH is 1. The number of aliphatic hydroxyl groups is 1. The van der Waals surface area contributed by atoms with Crippen LogP contribution < -0.4 is 9.64 Å². The van der Waals surface area contributed by atoms with Crippen molar-refractivity contribution in [2.45, 2.75) is 26.9 Å². The minimum absolute atomic E-state index is 0.512. The number of rotatable bonds is 3. The molecule has 1 aliphatic rings. The third-order valence-corrected chi connectivity index (χ3v) is 4.01. The summed E-state index contributed by atoms with van der Waals surface area (Å²) in [4.78, 5) is 2.36. The molecule has 1 saturated heterocycles. The topological polar surface area (TPSA) is 32.7 Å². The summed E-state index contributed by atoms with van der Waals surface area (Å²) in [6.07, 6.45) is -0.512. The summed E-state index contributed by atoms with van der Waals surface area (Å²) in [6, 6.07) is 5.98. The molecular formula is C15H23NO2. The fourth-order valence-electron chi connectivity index (χ4n) is 2.73. The van der Waals surface area contributed by atoms with Gasteiger partial charge in [0.15, 0.2) is 0 Å². The highest BCUT2D eigenvalue weighted by atomic mass is 16.5. The van der Waals surface area contributed by atoms with Crippen molar-refractivity contribution in [3.63, 3.8) is 0 Å². The standard InChI is InChI=1S/C15H23NO2/c1-10-8-16(9-11(10)2)13-6-5-7-14(18-4)15(13)12(3)17/h5-7,10-12,17H,8-9H2,1-4H3. The molecule has 2 rings (SSSR count). The maximum atomic E-state index is 10.0. The SMILES string of the molecule is COc1cccc(N2CC(C)C(C)C2)c1C(C)O. The summed E-state index contributed by atoms with van der Waals surface area (Å²) in [5.74, 6) is 2.16. The van der Waals surface area contributed by atoms with Gasteiger partial charge in [0.2, 0.25) is 0 Å². The van der Waals surface area contributed by atoms with E-state index in [1.54, 1.807) is 14.0 Å². The number of hydrogen-bond acceptors (Lipinski definition) is 3. The highest BCUT2D eigenvalue weighted by Gasteiger charge is 2.29. The highest BCUT2D eigenvalue weighted by molar-refractivity contribution is 5.61. The molecule has 100 valence electrons. The monoisotopic (exact) mass is 249 g/mol. The zero-order valence-electron chi connectivity index (χ0n) is 11.7. The molecule has 1 aliphatic heterocycles. The highest BCUT2D eigenvalue weighted by Crippen LogP contribution is 2.37. The number of benzene rings is 1. The van der Waals surface area contributed by atoms with Crippen LogP contribution in [-0.2, 0) is 0 Å². The second-order valence-corrected chi connectivity index (χ2v) is 5.43. The van der Waals surface area contributed by atoms with E-state index in [1.165, 1.54) is 0 Å². The van der Waals surface area contributed by atoms with Gasteiger partial charge in [-0.2, -0.15) is 0 Å². The molecular weight excluding hydrogens is 226 g/mol. The van der Waals surface area contributed by atoms with E-state index in [0.717, 1.165) is 30.1 Å². The van der Waals surface area contributed by atoms with Gasteiger partial charge in [-0.15, -0.1) is 0 Å². The number of nitrogens with zero attached hydrogens (tertiary/aromatic N) is 1. The van der Waals surface area contributed by atoms with Crippen molar-refractivity contribution >= 4 is 5.69 Å². The van der Waals surface area contributed by atoms with E-state index in [1.807, 2.05) is 12.1 Å². The fraction of sp³-hybridized carbons (Fsp3) is 0.600. The van der Waals surface area contributed by atoms with E-state index in [9.17, 15) is 5.11 Å². The van der Waals surface area contributed by atoms with Gasteiger partial charge in [0, 0.05) is 24.3 Å². The lowest BCUT2D eigenvalue weighted by atomic mass is 10.0. The summed E-state index contributed by atoms with van der Waals surface area (Å²) < 4.78 is 5.37. The first-order valence-electron chi connectivity index (χ1n) is 6.64. The van der Waals surface area contributed by atoms with Crippen LogP contribution in [0.25, 0.3) is 0 Å². The lowest BCUT2D eigenvalue weighted by Crippen LogP contribution is -2.21. The minimum atomic E-state index is -0.512. The fourth-order valence-corrected chi connectivity index (χ4v) is 2.73. The Bertz CT molecular complexity index is 407. The summed E-state index contributed by atoms with van der Waals surface area (Å²) in [7, 11) is 1.65. The lowest BCUT2D eigenvalue weighted by Gasteiger charge is -2.24. The van der Waals surface area contributed by atoms with E-state index >= 15 is 0 Å². The Morgan fingerprint density at radius 3 is 2.39 bits per heavy atom. The van der Waals surface area contributed by atoms with Crippen LogP contribution in [0.2, 0.25) is 0 Å². The molecule has 0 spiro atoms. The Hall–Kier alpha value is -1.22. The van der Waals surface area contributed by atoms with Crippen molar-refractivity contribution in [1.29, 1.82) is 0 Å². The van der Waals surface area contributed by atoms with Gasteiger partial charge in [-0.3, -0.25) is 0 Å². The van der Waals surface area contributed by atoms with Gasteiger partial charge in [0.1, 0.15) is 5.75 Å². The van der Waals surface area contributed by atoms with Crippen molar-refractivity contribution in [1.82, 2.24) is 0 Å². The van der Waals surface area contributed by atoms with E-state index < -0.39 is 6.10 Å². The van der Waals surface area contributed by atoms with Gasteiger partial charge in [-0.25, -0.2) is 0 Å². The number of methoxy groups -OCH3 is 1. The second kappa shape index (κ2) is 5.19. The molecule has 0 saturated carbocycles. The van der Waals surface area contributed by atoms with Gasteiger partial charge in [0.05, 0.1) is 13.2 Å². The second-order valence-electron chi connectivity index (χ2n) is 5.43. The van der Waals surface area contributed by atoms with Crippen molar-refractivity contribution in [3.05, 3.63) is 23.8 Å².